The van der Waals surface area contributed by atoms with Crippen LogP contribution in [0.5, 0.6) is 5.75 Å². The Hall–Kier alpha value is -1.75. The van der Waals surface area contributed by atoms with Gasteiger partial charge in [0.2, 0.25) is 0 Å². The fraction of sp³-hybridized carbons (Fsp3) is 0.533. The molecule has 1 aliphatic rings. The Balaban J connectivity index is 2.01. The van der Waals surface area contributed by atoms with E-state index in [2.05, 4.69) is 24.2 Å². The fourth-order valence-electron chi connectivity index (χ4n) is 2.53. The summed E-state index contributed by atoms with van der Waals surface area (Å²) in [7, 11) is 3.38. The maximum Gasteiger partial charge on any atom is 0.193 e. The summed E-state index contributed by atoms with van der Waals surface area (Å²) < 4.78 is 10.6. The molecule has 0 heterocycles. The number of rotatable bonds is 4. The van der Waals surface area contributed by atoms with Gasteiger partial charge in [-0.2, -0.15) is 0 Å². The Labute approximate surface area is 120 Å². The van der Waals surface area contributed by atoms with Crippen molar-refractivity contribution in [2.45, 2.75) is 32.4 Å². The Morgan fingerprint density at radius 3 is 2.75 bits per heavy atom. The van der Waals surface area contributed by atoms with Crippen LogP contribution in [0.25, 0.3) is 0 Å². The molecule has 2 unspecified atom stereocenters. The molecule has 0 aliphatic heterocycles. The summed E-state index contributed by atoms with van der Waals surface area (Å²) in [4.78, 5) is 4.55. The summed E-state index contributed by atoms with van der Waals surface area (Å²) in [5.41, 5.74) is 6.86. The highest BCUT2D eigenvalue weighted by atomic mass is 16.5. The van der Waals surface area contributed by atoms with E-state index in [1.165, 1.54) is 0 Å². The van der Waals surface area contributed by atoms with Gasteiger partial charge in [-0.05, 0) is 18.6 Å². The summed E-state index contributed by atoms with van der Waals surface area (Å²) >= 11 is 0. The Morgan fingerprint density at radius 1 is 1.40 bits per heavy atom. The van der Waals surface area contributed by atoms with Crippen molar-refractivity contribution in [2.24, 2.45) is 16.1 Å². The second-order valence-corrected chi connectivity index (χ2v) is 5.67. The molecular formula is C15H23N3O2. The largest absolute Gasteiger partial charge is 0.497 e. The third-order valence-electron chi connectivity index (χ3n) is 4.05. The number of hydrogen-bond donors (Lipinski definition) is 2. The minimum atomic E-state index is 0.0232. The molecule has 0 aromatic heterocycles. The molecule has 1 saturated carbocycles. The van der Waals surface area contributed by atoms with Crippen LogP contribution in [0.15, 0.2) is 29.3 Å². The maximum absolute atomic E-state index is 5.97. The number of aliphatic imine (C=N–C) groups is 1. The Morgan fingerprint density at radius 2 is 2.15 bits per heavy atom. The van der Waals surface area contributed by atoms with Crippen LogP contribution in [0.3, 0.4) is 0 Å². The summed E-state index contributed by atoms with van der Waals surface area (Å²) in [5.74, 6) is 1.21. The first-order chi connectivity index (χ1) is 9.47. The molecule has 0 spiro atoms. The smallest absolute Gasteiger partial charge is 0.193 e. The van der Waals surface area contributed by atoms with Gasteiger partial charge >= 0.3 is 0 Å². The minimum absolute atomic E-state index is 0.0232. The van der Waals surface area contributed by atoms with E-state index in [4.69, 9.17) is 15.2 Å². The Bertz CT molecular complexity index is 500. The second kappa shape index (κ2) is 5.71. The number of nitrogens with one attached hydrogen (secondary N) is 1. The summed E-state index contributed by atoms with van der Waals surface area (Å²) in [6.45, 7) is 4.30. The molecule has 0 radical (unpaired) electrons. The van der Waals surface area contributed by atoms with Gasteiger partial charge in [0, 0.05) is 24.3 Å². The number of nitrogens with two attached hydrogens (primary N) is 1. The van der Waals surface area contributed by atoms with E-state index < -0.39 is 0 Å². The highest BCUT2D eigenvalue weighted by Crippen LogP contribution is 2.44. The van der Waals surface area contributed by atoms with Gasteiger partial charge in [-0.3, -0.25) is 0 Å². The predicted molar refractivity (Wildman–Crippen MR) is 81.2 cm³/mol. The number of guanidine groups is 1. The highest BCUT2D eigenvalue weighted by molar-refractivity contribution is 5.92. The van der Waals surface area contributed by atoms with Crippen molar-refractivity contribution in [1.82, 2.24) is 0 Å². The van der Waals surface area contributed by atoms with Gasteiger partial charge in [-0.25, -0.2) is 4.99 Å². The third-order valence-corrected chi connectivity index (χ3v) is 4.05. The van der Waals surface area contributed by atoms with Crippen LogP contribution >= 0.6 is 0 Å². The van der Waals surface area contributed by atoms with E-state index in [0.717, 1.165) is 17.9 Å². The second-order valence-electron chi connectivity index (χ2n) is 5.67. The molecule has 1 aliphatic carbocycles. The first kappa shape index (κ1) is 14.7. The van der Waals surface area contributed by atoms with E-state index in [0.29, 0.717) is 5.96 Å². The molecule has 20 heavy (non-hydrogen) atoms. The highest BCUT2D eigenvalue weighted by Gasteiger charge is 2.48. The van der Waals surface area contributed by atoms with E-state index in [1.54, 1.807) is 14.2 Å². The lowest BCUT2D eigenvalue weighted by molar-refractivity contribution is -0.0850. The molecule has 2 atom stereocenters. The average molecular weight is 277 g/mol. The first-order valence-corrected chi connectivity index (χ1v) is 6.74. The van der Waals surface area contributed by atoms with Crippen LogP contribution in [-0.2, 0) is 4.74 Å². The fourth-order valence-corrected chi connectivity index (χ4v) is 2.53. The molecule has 110 valence electrons. The van der Waals surface area contributed by atoms with Crippen molar-refractivity contribution in [1.29, 1.82) is 0 Å². The molecular weight excluding hydrogens is 254 g/mol. The quantitative estimate of drug-likeness (QED) is 0.654. The van der Waals surface area contributed by atoms with Crippen molar-refractivity contribution >= 4 is 11.6 Å². The van der Waals surface area contributed by atoms with Gasteiger partial charge in [-0.15, -0.1) is 0 Å². The van der Waals surface area contributed by atoms with Crippen LogP contribution in [-0.4, -0.2) is 32.3 Å². The van der Waals surface area contributed by atoms with E-state index >= 15 is 0 Å². The van der Waals surface area contributed by atoms with E-state index in [9.17, 15) is 0 Å². The van der Waals surface area contributed by atoms with Crippen molar-refractivity contribution < 1.29 is 9.47 Å². The summed E-state index contributed by atoms with van der Waals surface area (Å²) in [6, 6.07) is 7.78. The number of methoxy groups -OCH3 is 2. The van der Waals surface area contributed by atoms with Gasteiger partial charge < -0.3 is 20.5 Å². The van der Waals surface area contributed by atoms with Gasteiger partial charge in [-0.1, -0.05) is 19.9 Å². The van der Waals surface area contributed by atoms with Crippen LogP contribution in [0.1, 0.15) is 20.3 Å². The van der Waals surface area contributed by atoms with Crippen LogP contribution < -0.4 is 15.8 Å². The van der Waals surface area contributed by atoms with Crippen molar-refractivity contribution in [3.05, 3.63) is 24.3 Å². The van der Waals surface area contributed by atoms with Crippen molar-refractivity contribution in [2.75, 3.05) is 19.5 Å². The van der Waals surface area contributed by atoms with Gasteiger partial charge in [0.15, 0.2) is 5.96 Å². The number of benzene rings is 1. The number of hydrogen-bond acceptors (Lipinski definition) is 3. The van der Waals surface area contributed by atoms with Gasteiger partial charge in [0.1, 0.15) is 5.75 Å². The zero-order chi connectivity index (χ0) is 14.8. The van der Waals surface area contributed by atoms with Crippen molar-refractivity contribution in [3.63, 3.8) is 0 Å². The molecule has 3 N–H and O–H groups in total. The average Bonchev–Trinajstić information content (AvgIpc) is 2.43. The van der Waals surface area contributed by atoms with Crippen LogP contribution in [0, 0.1) is 5.41 Å². The zero-order valence-corrected chi connectivity index (χ0v) is 12.5. The SMILES string of the molecule is COc1cccc(NC(N)=NC2CC(OC)C2(C)C)c1. The van der Waals surface area contributed by atoms with Crippen LogP contribution in [0.4, 0.5) is 5.69 Å². The molecule has 5 nitrogen and oxygen atoms in total. The predicted octanol–water partition coefficient (Wildman–Crippen LogP) is 2.24. The minimum Gasteiger partial charge on any atom is -0.497 e. The third kappa shape index (κ3) is 2.88. The lowest BCUT2D eigenvalue weighted by Gasteiger charge is -2.48. The van der Waals surface area contributed by atoms with E-state index in [-0.39, 0.29) is 17.6 Å². The summed E-state index contributed by atoms with van der Waals surface area (Å²) in [5, 5.41) is 3.09. The van der Waals surface area contributed by atoms with Crippen molar-refractivity contribution in [3.8, 4) is 5.75 Å². The molecule has 0 amide bonds. The van der Waals surface area contributed by atoms with Crippen LogP contribution in [0.2, 0.25) is 0 Å². The maximum atomic E-state index is 5.97. The first-order valence-electron chi connectivity index (χ1n) is 6.74. The molecule has 0 saturated heterocycles. The molecule has 2 rings (SSSR count). The number of ether oxygens (including phenoxy) is 2. The van der Waals surface area contributed by atoms with Gasteiger partial charge in [0.25, 0.3) is 0 Å². The standard InChI is InChI=1S/C15H23N3O2/c1-15(2)12(9-13(15)20-4)18-14(16)17-10-6-5-7-11(8-10)19-3/h5-8,12-13H,9H2,1-4H3,(H3,16,17,18). The Kier molecular flexibility index (Phi) is 4.18. The van der Waals surface area contributed by atoms with E-state index in [1.807, 2.05) is 24.3 Å². The molecule has 5 heteroatoms. The number of nitrogens with zero attached hydrogens (tertiary/aromatic N) is 1. The molecule has 0 bridgehead atoms. The number of anilines is 1. The topological polar surface area (TPSA) is 68.9 Å². The zero-order valence-electron chi connectivity index (χ0n) is 12.5. The lowest BCUT2D eigenvalue weighted by Crippen LogP contribution is -2.54. The molecule has 1 aromatic carbocycles. The van der Waals surface area contributed by atoms with Gasteiger partial charge in [0.05, 0.1) is 19.3 Å². The molecule has 1 fully saturated rings. The summed E-state index contributed by atoms with van der Waals surface area (Å²) in [6.07, 6.45) is 1.16. The lowest BCUT2D eigenvalue weighted by atomic mass is 9.65. The molecule has 1 aromatic rings. The monoisotopic (exact) mass is 277 g/mol. The normalized spacial score (nSPS) is 24.9.